The molecule has 0 aliphatic rings. The van der Waals surface area contributed by atoms with Crippen molar-refractivity contribution in [2.45, 2.75) is 0 Å². The Bertz CT molecular complexity index is 820. The summed E-state index contributed by atoms with van der Waals surface area (Å²) in [5, 5.41) is 2.82. The highest BCUT2D eigenvalue weighted by Crippen LogP contribution is 2.21. The first-order chi connectivity index (χ1) is 11.7. The summed E-state index contributed by atoms with van der Waals surface area (Å²) in [6, 6.07) is 14.0. The van der Waals surface area contributed by atoms with Crippen LogP contribution in [-0.2, 0) is 0 Å². The molecule has 0 aliphatic carbocycles. The number of aromatic nitrogens is 2. The van der Waals surface area contributed by atoms with Crippen molar-refractivity contribution in [3.05, 3.63) is 72.7 Å². The fraction of sp³-hybridized carbons (Fsp3) is 0.0556. The van der Waals surface area contributed by atoms with Crippen LogP contribution in [0, 0.1) is 0 Å². The molecule has 2 aromatic carbocycles. The molecule has 3 aromatic rings. The lowest BCUT2D eigenvalue weighted by Crippen LogP contribution is -2.11. The van der Waals surface area contributed by atoms with E-state index in [2.05, 4.69) is 15.3 Å². The van der Waals surface area contributed by atoms with Crippen LogP contribution in [0.4, 0.5) is 5.69 Å². The molecule has 0 saturated heterocycles. The first-order valence-electron chi connectivity index (χ1n) is 7.24. The van der Waals surface area contributed by atoms with Gasteiger partial charge in [-0.2, -0.15) is 0 Å². The Morgan fingerprint density at radius 1 is 1.04 bits per heavy atom. The number of methoxy groups -OCH3 is 1. The van der Waals surface area contributed by atoms with Crippen LogP contribution in [0.15, 0.2) is 67.1 Å². The van der Waals surface area contributed by atoms with Gasteiger partial charge in [-0.15, -0.1) is 0 Å². The maximum Gasteiger partial charge on any atom is 0.255 e. The van der Waals surface area contributed by atoms with Gasteiger partial charge in [0.1, 0.15) is 11.5 Å². The molecule has 0 atom stereocenters. The van der Waals surface area contributed by atoms with Crippen molar-refractivity contribution >= 4 is 11.6 Å². The maximum absolute atomic E-state index is 12.2. The molecule has 1 aromatic heterocycles. The van der Waals surface area contributed by atoms with Crippen molar-refractivity contribution in [1.29, 1.82) is 0 Å². The number of amides is 1. The van der Waals surface area contributed by atoms with E-state index in [9.17, 15) is 4.79 Å². The topological polar surface area (TPSA) is 73.3 Å². The van der Waals surface area contributed by atoms with Gasteiger partial charge < -0.3 is 14.8 Å². The van der Waals surface area contributed by atoms with Crippen LogP contribution in [0.3, 0.4) is 0 Å². The summed E-state index contributed by atoms with van der Waals surface area (Å²) in [6.45, 7) is 0. The molecular weight excluding hydrogens is 306 g/mol. The molecule has 120 valence electrons. The molecular formula is C18H15N3O3. The van der Waals surface area contributed by atoms with E-state index in [1.165, 1.54) is 6.20 Å². The molecule has 3 rings (SSSR count). The van der Waals surface area contributed by atoms with E-state index >= 15 is 0 Å². The van der Waals surface area contributed by atoms with Crippen LogP contribution >= 0.6 is 0 Å². The van der Waals surface area contributed by atoms with Crippen molar-refractivity contribution in [3.63, 3.8) is 0 Å². The Morgan fingerprint density at radius 2 is 1.88 bits per heavy atom. The molecule has 1 N–H and O–H groups in total. The number of carbonyl (C=O) groups is 1. The molecule has 0 spiro atoms. The number of rotatable bonds is 5. The lowest BCUT2D eigenvalue weighted by molar-refractivity contribution is 0.102. The third kappa shape index (κ3) is 3.86. The standard InChI is InChI=1S/C18H15N3O3/c1-23-16-4-2-3-13(11-16)18(22)21-14-5-7-15(8-6-14)24-17-12-19-9-10-20-17/h2-12H,1H3,(H,21,22). The van der Waals surface area contributed by atoms with E-state index in [-0.39, 0.29) is 5.91 Å². The van der Waals surface area contributed by atoms with Crippen LogP contribution in [0.2, 0.25) is 0 Å². The Hall–Kier alpha value is -3.41. The number of ether oxygens (including phenoxy) is 2. The third-order valence-corrected chi connectivity index (χ3v) is 3.21. The number of hydrogen-bond acceptors (Lipinski definition) is 5. The lowest BCUT2D eigenvalue weighted by atomic mass is 10.2. The van der Waals surface area contributed by atoms with Crippen molar-refractivity contribution in [3.8, 4) is 17.4 Å². The number of hydrogen-bond donors (Lipinski definition) is 1. The molecule has 6 nitrogen and oxygen atoms in total. The average Bonchev–Trinajstić information content (AvgIpc) is 2.64. The highest BCUT2D eigenvalue weighted by molar-refractivity contribution is 6.04. The predicted octanol–water partition coefficient (Wildman–Crippen LogP) is 3.53. The second-order valence-electron chi connectivity index (χ2n) is 4.86. The molecule has 0 aliphatic heterocycles. The average molecular weight is 321 g/mol. The monoisotopic (exact) mass is 321 g/mol. The first-order valence-corrected chi connectivity index (χ1v) is 7.24. The zero-order chi connectivity index (χ0) is 16.8. The minimum Gasteiger partial charge on any atom is -0.497 e. The molecule has 0 unspecified atom stereocenters. The molecule has 0 bridgehead atoms. The predicted molar refractivity (Wildman–Crippen MR) is 89.5 cm³/mol. The van der Waals surface area contributed by atoms with Crippen molar-refractivity contribution in [2.75, 3.05) is 12.4 Å². The Morgan fingerprint density at radius 3 is 2.58 bits per heavy atom. The fourth-order valence-corrected chi connectivity index (χ4v) is 2.03. The molecule has 0 fully saturated rings. The van der Waals surface area contributed by atoms with Crippen LogP contribution in [0.1, 0.15) is 10.4 Å². The van der Waals surface area contributed by atoms with Gasteiger partial charge in [-0.05, 0) is 42.5 Å². The molecule has 6 heteroatoms. The van der Waals surface area contributed by atoms with Crippen LogP contribution in [0.5, 0.6) is 17.4 Å². The third-order valence-electron chi connectivity index (χ3n) is 3.21. The van der Waals surface area contributed by atoms with Crippen molar-refractivity contribution < 1.29 is 14.3 Å². The van der Waals surface area contributed by atoms with E-state index in [0.717, 1.165) is 0 Å². The van der Waals surface area contributed by atoms with Gasteiger partial charge in [0.25, 0.3) is 5.91 Å². The summed E-state index contributed by atoms with van der Waals surface area (Å²) in [5.41, 5.74) is 1.18. The van der Waals surface area contributed by atoms with Gasteiger partial charge in [-0.3, -0.25) is 9.78 Å². The zero-order valence-electron chi connectivity index (χ0n) is 13.0. The van der Waals surface area contributed by atoms with Crippen LogP contribution in [0.25, 0.3) is 0 Å². The largest absolute Gasteiger partial charge is 0.497 e. The van der Waals surface area contributed by atoms with E-state index in [1.807, 2.05) is 0 Å². The summed E-state index contributed by atoms with van der Waals surface area (Å²) in [4.78, 5) is 20.2. The quantitative estimate of drug-likeness (QED) is 0.778. The Kier molecular flexibility index (Phi) is 4.67. The second-order valence-corrected chi connectivity index (χ2v) is 4.86. The summed E-state index contributed by atoms with van der Waals surface area (Å²) in [6.07, 6.45) is 4.65. The van der Waals surface area contributed by atoms with Gasteiger partial charge in [0.05, 0.1) is 13.3 Å². The SMILES string of the molecule is COc1cccc(C(=O)Nc2ccc(Oc3cnccn3)cc2)c1. The number of nitrogens with zero attached hydrogens (tertiary/aromatic N) is 2. The second kappa shape index (κ2) is 7.23. The molecule has 1 heterocycles. The zero-order valence-corrected chi connectivity index (χ0v) is 13.0. The van der Waals surface area contributed by atoms with E-state index in [0.29, 0.717) is 28.6 Å². The smallest absolute Gasteiger partial charge is 0.255 e. The van der Waals surface area contributed by atoms with Crippen molar-refractivity contribution in [2.24, 2.45) is 0 Å². The highest BCUT2D eigenvalue weighted by atomic mass is 16.5. The maximum atomic E-state index is 12.2. The van der Waals surface area contributed by atoms with E-state index in [1.54, 1.807) is 68.0 Å². The molecule has 1 amide bonds. The number of benzene rings is 2. The number of carbonyl (C=O) groups excluding carboxylic acids is 1. The molecule has 0 radical (unpaired) electrons. The van der Waals surface area contributed by atoms with Gasteiger partial charge >= 0.3 is 0 Å². The van der Waals surface area contributed by atoms with E-state index in [4.69, 9.17) is 9.47 Å². The minimum atomic E-state index is -0.212. The normalized spacial score (nSPS) is 10.0. The number of anilines is 1. The summed E-state index contributed by atoms with van der Waals surface area (Å²) >= 11 is 0. The van der Waals surface area contributed by atoms with Gasteiger partial charge in [0, 0.05) is 23.6 Å². The van der Waals surface area contributed by atoms with Gasteiger partial charge in [0.15, 0.2) is 0 Å². The first kappa shape index (κ1) is 15.5. The fourth-order valence-electron chi connectivity index (χ4n) is 2.03. The van der Waals surface area contributed by atoms with E-state index < -0.39 is 0 Å². The highest BCUT2D eigenvalue weighted by Gasteiger charge is 2.07. The summed E-state index contributed by atoms with van der Waals surface area (Å²) in [7, 11) is 1.56. The lowest BCUT2D eigenvalue weighted by Gasteiger charge is -2.08. The minimum absolute atomic E-state index is 0.212. The van der Waals surface area contributed by atoms with Crippen LogP contribution in [-0.4, -0.2) is 23.0 Å². The Balaban J connectivity index is 1.66. The van der Waals surface area contributed by atoms with Gasteiger partial charge in [-0.25, -0.2) is 4.98 Å². The molecule has 0 saturated carbocycles. The number of nitrogens with one attached hydrogen (secondary N) is 1. The van der Waals surface area contributed by atoms with Gasteiger partial charge in [0.2, 0.25) is 5.88 Å². The van der Waals surface area contributed by atoms with Gasteiger partial charge in [-0.1, -0.05) is 6.07 Å². The van der Waals surface area contributed by atoms with Crippen LogP contribution < -0.4 is 14.8 Å². The Labute approximate surface area is 139 Å². The summed E-state index contributed by atoms with van der Waals surface area (Å²) < 4.78 is 10.7. The molecule has 24 heavy (non-hydrogen) atoms. The van der Waals surface area contributed by atoms with Crippen molar-refractivity contribution in [1.82, 2.24) is 9.97 Å². The summed E-state index contributed by atoms with van der Waals surface area (Å²) in [5.74, 6) is 1.44.